The predicted octanol–water partition coefficient (Wildman–Crippen LogP) is 1.38. The molecule has 3 heterocycles. The van der Waals surface area contributed by atoms with Gasteiger partial charge in [-0.2, -0.15) is 5.10 Å². The molecule has 1 aromatic heterocycles. The summed E-state index contributed by atoms with van der Waals surface area (Å²) in [6.07, 6.45) is 3.54. The van der Waals surface area contributed by atoms with E-state index in [9.17, 15) is 0 Å². The number of aryl methyl sites for hydroxylation is 2. The Kier molecular flexibility index (Phi) is 4.54. The summed E-state index contributed by atoms with van der Waals surface area (Å²) in [4.78, 5) is 5.14. The Morgan fingerprint density at radius 1 is 1.24 bits per heavy atom. The van der Waals surface area contributed by atoms with Crippen LogP contribution in [0.1, 0.15) is 30.5 Å². The number of likely N-dealkylation sites (tertiary alicyclic amines) is 2. The van der Waals surface area contributed by atoms with Gasteiger partial charge in [0.15, 0.2) is 0 Å². The van der Waals surface area contributed by atoms with Crippen LogP contribution in [0, 0.1) is 6.92 Å². The fourth-order valence-electron chi connectivity index (χ4n) is 3.62. The van der Waals surface area contributed by atoms with Crippen molar-refractivity contribution in [2.45, 2.75) is 44.8 Å². The van der Waals surface area contributed by atoms with Gasteiger partial charge in [0.2, 0.25) is 0 Å². The number of halogens is 1. The van der Waals surface area contributed by atoms with Crippen molar-refractivity contribution in [1.82, 2.24) is 19.6 Å². The lowest BCUT2D eigenvalue weighted by Gasteiger charge is -2.34. The average Bonchev–Trinajstić information content (AvgIpc) is 3.01. The van der Waals surface area contributed by atoms with Gasteiger partial charge < -0.3 is 5.73 Å². The molecule has 0 spiro atoms. The lowest BCUT2D eigenvalue weighted by molar-refractivity contribution is 0.151. The Morgan fingerprint density at radius 2 is 1.95 bits per heavy atom. The number of nitrogens with zero attached hydrogens (tertiary/aromatic N) is 4. The minimum atomic E-state index is 0.413. The Hall–Kier alpha value is -0.620. The molecule has 0 aromatic carbocycles. The van der Waals surface area contributed by atoms with Crippen molar-refractivity contribution < 1.29 is 0 Å². The van der Waals surface area contributed by atoms with Crippen molar-refractivity contribution >= 4 is 11.6 Å². The van der Waals surface area contributed by atoms with E-state index in [-0.39, 0.29) is 0 Å². The summed E-state index contributed by atoms with van der Waals surface area (Å²) in [5.41, 5.74) is 8.23. The first-order valence-electron chi connectivity index (χ1n) is 7.94. The van der Waals surface area contributed by atoms with Crippen LogP contribution >= 0.6 is 11.6 Å². The predicted molar refractivity (Wildman–Crippen MR) is 85.4 cm³/mol. The average molecular weight is 312 g/mol. The third-order valence-corrected chi connectivity index (χ3v) is 5.46. The van der Waals surface area contributed by atoms with Crippen LogP contribution in [-0.2, 0) is 13.6 Å². The highest BCUT2D eigenvalue weighted by molar-refractivity contribution is 6.30. The monoisotopic (exact) mass is 311 g/mol. The molecule has 1 atom stereocenters. The van der Waals surface area contributed by atoms with Gasteiger partial charge in [-0.3, -0.25) is 14.5 Å². The van der Waals surface area contributed by atoms with Gasteiger partial charge >= 0.3 is 0 Å². The molecule has 21 heavy (non-hydrogen) atoms. The van der Waals surface area contributed by atoms with Gasteiger partial charge in [-0.25, -0.2) is 0 Å². The molecule has 2 saturated heterocycles. The summed E-state index contributed by atoms with van der Waals surface area (Å²) in [7, 11) is 1.91. The van der Waals surface area contributed by atoms with Gasteiger partial charge in [0.1, 0.15) is 5.15 Å². The van der Waals surface area contributed by atoms with Gasteiger partial charge in [0, 0.05) is 44.3 Å². The van der Waals surface area contributed by atoms with E-state index in [1.807, 2.05) is 14.0 Å². The zero-order chi connectivity index (χ0) is 15.0. The van der Waals surface area contributed by atoms with Crippen molar-refractivity contribution in [1.29, 1.82) is 0 Å². The van der Waals surface area contributed by atoms with Crippen LogP contribution in [0.4, 0.5) is 0 Å². The highest BCUT2D eigenvalue weighted by Gasteiger charge is 2.30. The van der Waals surface area contributed by atoms with Crippen molar-refractivity contribution in [3.05, 3.63) is 16.4 Å². The van der Waals surface area contributed by atoms with Crippen molar-refractivity contribution in [2.75, 3.05) is 26.2 Å². The second-order valence-corrected chi connectivity index (χ2v) is 6.89. The van der Waals surface area contributed by atoms with E-state index in [1.165, 1.54) is 12.0 Å². The third kappa shape index (κ3) is 3.26. The molecular weight excluding hydrogens is 286 g/mol. The van der Waals surface area contributed by atoms with E-state index in [0.29, 0.717) is 12.1 Å². The number of hydrogen-bond acceptors (Lipinski definition) is 4. The molecule has 1 unspecified atom stereocenters. The molecule has 6 heteroatoms. The van der Waals surface area contributed by atoms with Gasteiger partial charge in [0.25, 0.3) is 0 Å². The maximum Gasteiger partial charge on any atom is 0.131 e. The SMILES string of the molecule is Cc1nn(C)c(Cl)c1CN1CCC(N2CCC(N)CC2)C1. The first-order valence-corrected chi connectivity index (χ1v) is 8.32. The zero-order valence-corrected chi connectivity index (χ0v) is 13.8. The molecular formula is C15H26ClN5. The fraction of sp³-hybridized carbons (Fsp3) is 0.800. The summed E-state index contributed by atoms with van der Waals surface area (Å²) in [5, 5.41) is 5.18. The minimum absolute atomic E-state index is 0.413. The lowest BCUT2D eigenvalue weighted by atomic mass is 10.0. The van der Waals surface area contributed by atoms with E-state index in [1.54, 1.807) is 4.68 Å². The van der Waals surface area contributed by atoms with Gasteiger partial charge in [0.05, 0.1) is 5.69 Å². The third-order valence-electron chi connectivity index (χ3n) is 4.99. The summed E-state index contributed by atoms with van der Waals surface area (Å²) < 4.78 is 1.77. The molecule has 2 aliphatic rings. The maximum absolute atomic E-state index is 6.34. The van der Waals surface area contributed by atoms with Crippen LogP contribution in [-0.4, -0.2) is 57.8 Å². The van der Waals surface area contributed by atoms with Crippen LogP contribution < -0.4 is 5.73 Å². The quantitative estimate of drug-likeness (QED) is 0.916. The Bertz CT molecular complexity index is 492. The summed E-state index contributed by atoms with van der Waals surface area (Å²) in [5.74, 6) is 0. The molecule has 0 saturated carbocycles. The standard InChI is InChI=1S/C15H26ClN5/c1-11-14(15(16)19(2)18-11)10-20-6-5-13(9-20)21-7-3-12(17)4-8-21/h12-13H,3-10,17H2,1-2H3. The highest BCUT2D eigenvalue weighted by Crippen LogP contribution is 2.25. The Balaban J connectivity index is 1.57. The molecule has 2 N–H and O–H groups in total. The Morgan fingerprint density at radius 3 is 2.57 bits per heavy atom. The van der Waals surface area contributed by atoms with E-state index in [2.05, 4.69) is 14.9 Å². The molecule has 3 rings (SSSR count). The number of piperidine rings is 1. The second kappa shape index (κ2) is 6.24. The van der Waals surface area contributed by atoms with Gasteiger partial charge in [-0.15, -0.1) is 0 Å². The van der Waals surface area contributed by atoms with E-state index < -0.39 is 0 Å². The van der Waals surface area contributed by atoms with E-state index in [0.717, 1.165) is 56.4 Å². The molecule has 2 fully saturated rings. The van der Waals surface area contributed by atoms with Crippen LogP contribution in [0.2, 0.25) is 5.15 Å². The maximum atomic E-state index is 6.34. The first-order chi connectivity index (χ1) is 10.0. The molecule has 0 bridgehead atoms. The van der Waals surface area contributed by atoms with Crippen LogP contribution in [0.15, 0.2) is 0 Å². The number of rotatable bonds is 3. The lowest BCUT2D eigenvalue weighted by Crippen LogP contribution is -2.46. The highest BCUT2D eigenvalue weighted by atomic mass is 35.5. The molecule has 118 valence electrons. The van der Waals surface area contributed by atoms with E-state index >= 15 is 0 Å². The van der Waals surface area contributed by atoms with Crippen molar-refractivity contribution in [3.8, 4) is 0 Å². The van der Waals surface area contributed by atoms with Crippen molar-refractivity contribution in [2.24, 2.45) is 12.8 Å². The second-order valence-electron chi connectivity index (χ2n) is 6.53. The number of aromatic nitrogens is 2. The largest absolute Gasteiger partial charge is 0.328 e. The van der Waals surface area contributed by atoms with Crippen LogP contribution in [0.25, 0.3) is 0 Å². The van der Waals surface area contributed by atoms with E-state index in [4.69, 9.17) is 17.3 Å². The first kappa shape index (κ1) is 15.3. The fourth-order valence-corrected chi connectivity index (χ4v) is 3.85. The molecule has 1 aromatic rings. The van der Waals surface area contributed by atoms with Gasteiger partial charge in [-0.1, -0.05) is 11.6 Å². The van der Waals surface area contributed by atoms with Crippen LogP contribution in [0.5, 0.6) is 0 Å². The van der Waals surface area contributed by atoms with Gasteiger partial charge in [-0.05, 0) is 39.3 Å². The summed E-state index contributed by atoms with van der Waals surface area (Å²) in [6.45, 7) is 7.57. The topological polar surface area (TPSA) is 50.3 Å². The van der Waals surface area contributed by atoms with Crippen molar-refractivity contribution in [3.63, 3.8) is 0 Å². The molecule has 0 aliphatic carbocycles. The Labute approximate surface area is 132 Å². The number of hydrogen-bond donors (Lipinski definition) is 1. The number of nitrogens with two attached hydrogens (primary N) is 1. The molecule has 0 amide bonds. The van der Waals surface area contributed by atoms with Crippen LogP contribution in [0.3, 0.4) is 0 Å². The minimum Gasteiger partial charge on any atom is -0.328 e. The molecule has 5 nitrogen and oxygen atoms in total. The normalized spacial score (nSPS) is 25.8. The molecule has 0 radical (unpaired) electrons. The zero-order valence-electron chi connectivity index (χ0n) is 13.1. The smallest absolute Gasteiger partial charge is 0.131 e. The summed E-state index contributed by atoms with van der Waals surface area (Å²) >= 11 is 6.34. The summed E-state index contributed by atoms with van der Waals surface area (Å²) in [6, 6.07) is 1.10. The molecule has 2 aliphatic heterocycles.